The maximum atomic E-state index is 11.6. The molecule has 0 aliphatic rings. The minimum absolute atomic E-state index is 0.0926. The quantitative estimate of drug-likeness (QED) is 0.615. The van der Waals surface area contributed by atoms with Crippen LogP contribution >= 0.6 is 0 Å². The van der Waals surface area contributed by atoms with Gasteiger partial charge in [-0.2, -0.15) is 0 Å². The summed E-state index contributed by atoms with van der Waals surface area (Å²) >= 11 is 0. The molecule has 0 unspecified atom stereocenters. The van der Waals surface area contributed by atoms with Crippen LogP contribution in [0.5, 0.6) is 0 Å². The van der Waals surface area contributed by atoms with Crippen molar-refractivity contribution in [2.75, 3.05) is 6.61 Å². The molecule has 1 aromatic heterocycles. The molecule has 0 aromatic carbocycles. The number of H-pyrrole nitrogens is 1. The van der Waals surface area contributed by atoms with Crippen LogP contribution in [0, 0.1) is 0 Å². The highest BCUT2D eigenvalue weighted by molar-refractivity contribution is 5.76. The fourth-order valence-electron chi connectivity index (χ4n) is 1.32. The van der Waals surface area contributed by atoms with Crippen molar-refractivity contribution in [3.8, 4) is 0 Å². The Morgan fingerprint density at radius 3 is 2.72 bits per heavy atom. The normalized spacial score (nSPS) is 11.3. The van der Waals surface area contributed by atoms with Crippen LogP contribution in [0.4, 0.5) is 0 Å². The number of carbonyl (C=O) groups is 1. The molecule has 100 valence electrons. The van der Waals surface area contributed by atoms with Gasteiger partial charge >= 0.3 is 5.69 Å². The number of aromatic amines is 1. The van der Waals surface area contributed by atoms with E-state index in [-0.39, 0.29) is 25.5 Å². The summed E-state index contributed by atoms with van der Waals surface area (Å²) in [7, 11) is 0. The predicted octanol–water partition coefficient (Wildman–Crippen LogP) is -1.19. The molecule has 18 heavy (non-hydrogen) atoms. The van der Waals surface area contributed by atoms with E-state index in [0.717, 1.165) is 0 Å². The number of aliphatic hydroxyl groups excluding tert-OH is 1. The lowest BCUT2D eigenvalue weighted by Crippen LogP contribution is -2.46. The molecule has 1 heterocycles. The summed E-state index contributed by atoms with van der Waals surface area (Å²) in [5.74, 6) is -0.271. The first-order chi connectivity index (χ1) is 8.34. The number of amides is 1. The first kappa shape index (κ1) is 14.2. The van der Waals surface area contributed by atoms with Crippen LogP contribution in [0.15, 0.2) is 21.9 Å². The topological polar surface area (TPSA) is 104 Å². The zero-order valence-electron chi connectivity index (χ0n) is 10.4. The molecule has 1 aromatic rings. The van der Waals surface area contributed by atoms with Crippen LogP contribution in [-0.4, -0.2) is 32.7 Å². The monoisotopic (exact) mass is 255 g/mol. The predicted molar refractivity (Wildman–Crippen MR) is 65.2 cm³/mol. The van der Waals surface area contributed by atoms with Crippen molar-refractivity contribution in [3.63, 3.8) is 0 Å². The SMILES string of the molecule is CC(C)(CO)NC(=O)CCn1ccc(=O)[nH]c1=O. The first-order valence-corrected chi connectivity index (χ1v) is 5.56. The molecule has 0 saturated carbocycles. The van der Waals surface area contributed by atoms with Crippen LogP contribution in [0.25, 0.3) is 0 Å². The number of rotatable bonds is 5. The van der Waals surface area contributed by atoms with Crippen LogP contribution < -0.4 is 16.6 Å². The molecule has 0 saturated heterocycles. The highest BCUT2D eigenvalue weighted by atomic mass is 16.3. The minimum Gasteiger partial charge on any atom is -0.394 e. The lowest BCUT2D eigenvalue weighted by atomic mass is 10.1. The van der Waals surface area contributed by atoms with E-state index >= 15 is 0 Å². The van der Waals surface area contributed by atoms with Crippen molar-refractivity contribution in [3.05, 3.63) is 33.1 Å². The van der Waals surface area contributed by atoms with Gasteiger partial charge in [0.15, 0.2) is 0 Å². The van der Waals surface area contributed by atoms with E-state index < -0.39 is 16.8 Å². The standard InChI is InChI=1S/C11H17N3O4/c1-11(2,7-15)13-9(17)4-6-14-5-3-8(16)12-10(14)18/h3,5,15H,4,6-7H2,1-2H3,(H,13,17)(H,12,16,18). The molecule has 0 aliphatic carbocycles. The van der Waals surface area contributed by atoms with Gasteiger partial charge in [-0.1, -0.05) is 0 Å². The van der Waals surface area contributed by atoms with Gasteiger partial charge in [0, 0.05) is 25.2 Å². The van der Waals surface area contributed by atoms with Crippen LogP contribution in [0.3, 0.4) is 0 Å². The van der Waals surface area contributed by atoms with Gasteiger partial charge in [0.2, 0.25) is 5.91 Å². The summed E-state index contributed by atoms with van der Waals surface area (Å²) in [6.45, 7) is 3.38. The van der Waals surface area contributed by atoms with Gasteiger partial charge in [-0.3, -0.25) is 14.6 Å². The first-order valence-electron chi connectivity index (χ1n) is 5.56. The van der Waals surface area contributed by atoms with Gasteiger partial charge in [0.1, 0.15) is 0 Å². The molecule has 0 spiro atoms. The Kier molecular flexibility index (Phi) is 4.43. The van der Waals surface area contributed by atoms with Crippen molar-refractivity contribution < 1.29 is 9.90 Å². The van der Waals surface area contributed by atoms with E-state index in [1.165, 1.54) is 16.8 Å². The average molecular weight is 255 g/mol. The molecular weight excluding hydrogens is 238 g/mol. The van der Waals surface area contributed by atoms with Gasteiger partial charge in [-0.05, 0) is 13.8 Å². The molecule has 3 N–H and O–H groups in total. The Morgan fingerprint density at radius 1 is 1.50 bits per heavy atom. The summed E-state index contributed by atoms with van der Waals surface area (Å²) in [5, 5.41) is 11.6. The number of nitrogens with zero attached hydrogens (tertiary/aromatic N) is 1. The van der Waals surface area contributed by atoms with Gasteiger partial charge in [0.05, 0.1) is 12.1 Å². The largest absolute Gasteiger partial charge is 0.394 e. The van der Waals surface area contributed by atoms with E-state index in [1.54, 1.807) is 13.8 Å². The lowest BCUT2D eigenvalue weighted by Gasteiger charge is -2.23. The third-order valence-corrected chi connectivity index (χ3v) is 2.35. The second-order valence-corrected chi connectivity index (χ2v) is 4.64. The van der Waals surface area contributed by atoms with Crippen molar-refractivity contribution in [1.82, 2.24) is 14.9 Å². The third-order valence-electron chi connectivity index (χ3n) is 2.35. The van der Waals surface area contributed by atoms with Crippen LogP contribution in [-0.2, 0) is 11.3 Å². The van der Waals surface area contributed by atoms with Gasteiger partial charge in [0.25, 0.3) is 5.56 Å². The number of nitrogens with one attached hydrogen (secondary N) is 2. The van der Waals surface area contributed by atoms with Crippen LogP contribution in [0.2, 0.25) is 0 Å². The Bertz CT molecular complexity index is 530. The van der Waals surface area contributed by atoms with Crippen molar-refractivity contribution in [2.24, 2.45) is 0 Å². The number of aromatic nitrogens is 2. The van der Waals surface area contributed by atoms with E-state index in [4.69, 9.17) is 5.11 Å². The van der Waals surface area contributed by atoms with E-state index in [9.17, 15) is 14.4 Å². The molecule has 0 fully saturated rings. The summed E-state index contributed by atoms with van der Waals surface area (Å²) in [6, 6.07) is 1.22. The van der Waals surface area contributed by atoms with E-state index in [0.29, 0.717) is 0 Å². The van der Waals surface area contributed by atoms with Gasteiger partial charge in [-0.15, -0.1) is 0 Å². The Labute approximate surface area is 103 Å². The molecule has 0 aliphatic heterocycles. The van der Waals surface area contributed by atoms with Crippen molar-refractivity contribution in [1.29, 1.82) is 0 Å². The highest BCUT2D eigenvalue weighted by Gasteiger charge is 2.18. The van der Waals surface area contributed by atoms with Crippen molar-refractivity contribution in [2.45, 2.75) is 32.4 Å². The molecule has 0 radical (unpaired) electrons. The molecular formula is C11H17N3O4. The molecule has 7 nitrogen and oxygen atoms in total. The Hall–Kier alpha value is -1.89. The maximum Gasteiger partial charge on any atom is 0.328 e. The second-order valence-electron chi connectivity index (χ2n) is 4.64. The van der Waals surface area contributed by atoms with Crippen LogP contribution in [0.1, 0.15) is 20.3 Å². The second kappa shape index (κ2) is 5.63. The molecule has 0 bridgehead atoms. The summed E-state index contributed by atoms with van der Waals surface area (Å²) in [4.78, 5) is 35.8. The van der Waals surface area contributed by atoms with Gasteiger partial charge in [-0.25, -0.2) is 4.79 Å². The zero-order valence-corrected chi connectivity index (χ0v) is 10.4. The van der Waals surface area contributed by atoms with E-state index in [2.05, 4.69) is 10.3 Å². The third kappa shape index (κ3) is 4.17. The summed E-state index contributed by atoms with van der Waals surface area (Å²) in [5.41, 5.74) is -1.70. The number of aliphatic hydroxyl groups is 1. The maximum absolute atomic E-state index is 11.6. The molecule has 7 heteroatoms. The fourth-order valence-corrected chi connectivity index (χ4v) is 1.32. The number of carbonyl (C=O) groups excluding carboxylic acids is 1. The molecule has 1 amide bonds. The lowest BCUT2D eigenvalue weighted by molar-refractivity contribution is -0.123. The molecule has 0 atom stereocenters. The average Bonchev–Trinajstić information content (AvgIpc) is 2.27. The van der Waals surface area contributed by atoms with Gasteiger partial charge < -0.3 is 15.0 Å². The summed E-state index contributed by atoms with van der Waals surface area (Å²) in [6.07, 6.45) is 1.43. The fraction of sp³-hybridized carbons (Fsp3) is 0.545. The smallest absolute Gasteiger partial charge is 0.328 e. The zero-order chi connectivity index (χ0) is 13.8. The molecule has 1 rings (SSSR count). The Balaban J connectivity index is 2.58. The number of hydrogen-bond acceptors (Lipinski definition) is 4. The highest BCUT2D eigenvalue weighted by Crippen LogP contribution is 2.00. The summed E-state index contributed by atoms with van der Waals surface area (Å²) < 4.78 is 1.24. The minimum atomic E-state index is -0.687. The number of aryl methyl sites for hydroxylation is 1. The Morgan fingerprint density at radius 2 is 2.17 bits per heavy atom. The number of hydrogen-bond donors (Lipinski definition) is 3. The van der Waals surface area contributed by atoms with Crippen molar-refractivity contribution >= 4 is 5.91 Å². The van der Waals surface area contributed by atoms with E-state index in [1.807, 2.05) is 0 Å².